The lowest BCUT2D eigenvalue weighted by atomic mass is 9.95. The van der Waals surface area contributed by atoms with Crippen molar-refractivity contribution in [2.75, 3.05) is 43.5 Å². The summed E-state index contributed by atoms with van der Waals surface area (Å²) in [5.41, 5.74) is 5.88. The first-order valence-corrected chi connectivity index (χ1v) is 15.0. The molecule has 0 radical (unpaired) electrons. The van der Waals surface area contributed by atoms with Crippen LogP contribution in [0.25, 0.3) is 33.1 Å². The minimum Gasteiger partial charge on any atom is -0.475 e. The Morgan fingerprint density at radius 1 is 1.11 bits per heavy atom. The van der Waals surface area contributed by atoms with Gasteiger partial charge in [-0.05, 0) is 56.8 Å². The molecule has 44 heavy (non-hydrogen) atoms. The Morgan fingerprint density at radius 2 is 2.00 bits per heavy atom. The number of hydrogen-bond acceptors (Lipinski definition) is 9. The number of rotatable bonds is 4. The third kappa shape index (κ3) is 4.13. The van der Waals surface area contributed by atoms with Crippen molar-refractivity contribution in [2.45, 2.75) is 56.3 Å². The maximum Gasteiger partial charge on any atom is 0.319 e. The van der Waals surface area contributed by atoms with Crippen LogP contribution in [-0.2, 0) is 0 Å². The molecule has 3 fully saturated rings. The largest absolute Gasteiger partial charge is 0.475 e. The van der Waals surface area contributed by atoms with Crippen molar-refractivity contribution in [3.05, 3.63) is 35.4 Å². The summed E-state index contributed by atoms with van der Waals surface area (Å²) in [5, 5.41) is 0.543. The molecule has 0 saturated carbocycles. The van der Waals surface area contributed by atoms with Crippen molar-refractivity contribution >= 4 is 33.4 Å². The quantitative estimate of drug-likeness (QED) is 0.331. The summed E-state index contributed by atoms with van der Waals surface area (Å²) in [6, 6.07) is 4.07. The predicted octanol–water partition coefficient (Wildman–Crippen LogP) is 4.79. The third-order valence-corrected chi connectivity index (χ3v) is 9.60. The zero-order valence-corrected chi connectivity index (χ0v) is 24.0. The van der Waals surface area contributed by atoms with Gasteiger partial charge in [-0.1, -0.05) is 5.92 Å². The van der Waals surface area contributed by atoms with E-state index in [1.54, 1.807) is 0 Å². The van der Waals surface area contributed by atoms with Crippen LogP contribution >= 0.6 is 0 Å². The third-order valence-electron chi connectivity index (χ3n) is 9.60. The summed E-state index contributed by atoms with van der Waals surface area (Å²) in [6.45, 7) is 2.42. The molecule has 0 unspecified atom stereocenters. The number of terminal acetylenes is 1. The molecule has 12 heteroatoms. The second kappa shape index (κ2) is 10.1. The Kier molecular flexibility index (Phi) is 6.24. The van der Waals surface area contributed by atoms with E-state index in [2.05, 4.69) is 30.7 Å². The molecule has 4 aliphatic rings. The highest BCUT2D eigenvalue weighted by Gasteiger charge is 2.49. The number of anilines is 2. The van der Waals surface area contributed by atoms with Crippen LogP contribution < -0.4 is 20.1 Å². The Balaban J connectivity index is 1.33. The molecule has 3 atom stereocenters. The van der Waals surface area contributed by atoms with Crippen molar-refractivity contribution in [3.8, 4) is 35.5 Å². The molecule has 3 aromatic heterocycles. The molecule has 1 aromatic carbocycles. The van der Waals surface area contributed by atoms with Crippen molar-refractivity contribution in [1.82, 2.24) is 24.8 Å². The number of pyridine rings is 2. The zero-order valence-electron chi connectivity index (χ0n) is 24.0. The number of alkyl halides is 1. The molecule has 8 rings (SSSR count). The molecule has 4 aromatic rings. The van der Waals surface area contributed by atoms with Crippen molar-refractivity contribution in [3.63, 3.8) is 0 Å². The maximum atomic E-state index is 16.9. The van der Waals surface area contributed by atoms with Crippen LogP contribution in [-0.4, -0.2) is 75.4 Å². The number of nitrogens with two attached hydrogens (primary N) is 1. The average molecular weight is 602 g/mol. The summed E-state index contributed by atoms with van der Waals surface area (Å²) < 4.78 is 58.6. The molecule has 2 N–H and O–H groups in total. The molecule has 226 valence electrons. The number of nitrogens with zero attached hydrogens (tertiary/aromatic N) is 6. The molecule has 0 spiro atoms. The number of ether oxygens (including phenoxy) is 2. The number of fused-ring (bicyclic) bond motifs is 4. The molecule has 4 aliphatic heterocycles. The van der Waals surface area contributed by atoms with Crippen LogP contribution in [0.2, 0.25) is 0 Å². The van der Waals surface area contributed by atoms with Gasteiger partial charge in [0, 0.05) is 30.5 Å². The van der Waals surface area contributed by atoms with E-state index in [0.717, 1.165) is 38.6 Å². The second-order valence-corrected chi connectivity index (χ2v) is 12.2. The van der Waals surface area contributed by atoms with Crippen LogP contribution in [0.15, 0.2) is 18.2 Å². The molecule has 0 amide bonds. The van der Waals surface area contributed by atoms with Crippen LogP contribution in [0.1, 0.15) is 44.1 Å². The fourth-order valence-electron chi connectivity index (χ4n) is 7.59. The van der Waals surface area contributed by atoms with Gasteiger partial charge in [0.25, 0.3) is 0 Å². The van der Waals surface area contributed by atoms with E-state index in [4.69, 9.17) is 26.6 Å². The first kappa shape index (κ1) is 27.2. The lowest BCUT2D eigenvalue weighted by Gasteiger charge is -2.35. The summed E-state index contributed by atoms with van der Waals surface area (Å²) in [4.78, 5) is 22.6. The fourth-order valence-corrected chi connectivity index (χ4v) is 7.59. The van der Waals surface area contributed by atoms with Gasteiger partial charge < -0.3 is 20.1 Å². The van der Waals surface area contributed by atoms with Crippen LogP contribution in [0.5, 0.6) is 11.9 Å². The second-order valence-electron chi connectivity index (χ2n) is 12.2. The van der Waals surface area contributed by atoms with Crippen molar-refractivity contribution in [2.24, 2.45) is 0 Å². The van der Waals surface area contributed by atoms with Gasteiger partial charge in [-0.15, -0.1) is 6.42 Å². The maximum absolute atomic E-state index is 16.9. The van der Waals surface area contributed by atoms with Crippen molar-refractivity contribution < 1.29 is 22.6 Å². The van der Waals surface area contributed by atoms with E-state index in [9.17, 15) is 8.78 Å². The number of nitrogen functional groups attached to an aromatic ring is 1. The van der Waals surface area contributed by atoms with E-state index < -0.39 is 23.3 Å². The molecule has 0 aliphatic carbocycles. The minimum atomic E-state index is -0.915. The van der Waals surface area contributed by atoms with Crippen molar-refractivity contribution in [1.29, 1.82) is 0 Å². The SMILES string of the molecule is C#Cc1c(F)ccc2nc(N)cc(-c3nc4c5c(nc(OC[C@@]67CCCN6C[C@H](F)C7)nc5c3F)N3CCCC[C@H]3CO4)c12. The minimum absolute atomic E-state index is 0.000921. The Morgan fingerprint density at radius 3 is 2.86 bits per heavy atom. The highest BCUT2D eigenvalue weighted by Crippen LogP contribution is 2.44. The standard InChI is InChI=1S/C32H30F3N7O2/c1-2-19-21(34)7-8-22-24(19)20(12-23(36)37-22)27-26(35)28-25-29(42-11-4-3-6-18(42)15-43-30(25)38-27)40-31(39-28)44-16-32-9-5-10-41(32)14-17(33)13-32/h1,7-8,12,17-18H,3-6,9-11,13-16H2,(H2,36,37)/t17-,18+,32+/m1/s1. The van der Waals surface area contributed by atoms with Gasteiger partial charge in [0.1, 0.15) is 53.4 Å². The van der Waals surface area contributed by atoms with E-state index in [-0.39, 0.29) is 58.1 Å². The van der Waals surface area contributed by atoms with Crippen LogP contribution in [0, 0.1) is 24.0 Å². The first-order valence-electron chi connectivity index (χ1n) is 15.0. The average Bonchev–Trinajstić information content (AvgIpc) is 3.49. The lowest BCUT2D eigenvalue weighted by molar-refractivity contribution is 0.107. The normalized spacial score (nSPS) is 24.5. The molecular formula is C32H30F3N7O2. The van der Waals surface area contributed by atoms with Gasteiger partial charge in [-0.25, -0.2) is 23.1 Å². The van der Waals surface area contributed by atoms with Gasteiger partial charge in [0.2, 0.25) is 5.88 Å². The summed E-state index contributed by atoms with van der Waals surface area (Å²) in [5.74, 6) is 1.68. The topological polar surface area (TPSA) is 103 Å². The number of benzene rings is 1. The smallest absolute Gasteiger partial charge is 0.319 e. The molecular weight excluding hydrogens is 571 g/mol. The van der Waals surface area contributed by atoms with Gasteiger partial charge in [0.05, 0.1) is 22.7 Å². The van der Waals surface area contributed by atoms with E-state index in [0.29, 0.717) is 42.8 Å². The molecule has 0 bridgehead atoms. The summed E-state index contributed by atoms with van der Waals surface area (Å²) in [6.07, 6.45) is 9.78. The number of hydrogen-bond donors (Lipinski definition) is 1. The predicted molar refractivity (Wildman–Crippen MR) is 159 cm³/mol. The van der Waals surface area contributed by atoms with E-state index in [1.165, 1.54) is 18.2 Å². The Labute approximate surface area is 251 Å². The molecule has 7 heterocycles. The van der Waals surface area contributed by atoms with Crippen LogP contribution in [0.4, 0.5) is 24.8 Å². The fraction of sp³-hybridized carbons (Fsp3) is 0.438. The number of aromatic nitrogens is 4. The summed E-state index contributed by atoms with van der Waals surface area (Å²) in [7, 11) is 0. The lowest BCUT2D eigenvalue weighted by Crippen LogP contribution is -2.44. The first-order chi connectivity index (χ1) is 21.3. The number of piperidine rings is 1. The van der Waals surface area contributed by atoms with Crippen LogP contribution in [0.3, 0.4) is 0 Å². The molecule has 9 nitrogen and oxygen atoms in total. The monoisotopic (exact) mass is 601 g/mol. The highest BCUT2D eigenvalue weighted by molar-refractivity contribution is 6.03. The van der Waals surface area contributed by atoms with E-state index in [1.807, 2.05) is 0 Å². The van der Waals surface area contributed by atoms with Gasteiger partial charge in [0.15, 0.2) is 5.82 Å². The van der Waals surface area contributed by atoms with Gasteiger partial charge in [-0.2, -0.15) is 9.97 Å². The number of halogens is 3. The highest BCUT2D eigenvalue weighted by atomic mass is 19.1. The Bertz CT molecular complexity index is 1880. The Hall–Kier alpha value is -4.37. The van der Waals surface area contributed by atoms with Gasteiger partial charge in [-0.3, -0.25) is 4.90 Å². The van der Waals surface area contributed by atoms with Gasteiger partial charge >= 0.3 is 6.01 Å². The van der Waals surface area contributed by atoms with E-state index >= 15 is 4.39 Å². The summed E-state index contributed by atoms with van der Waals surface area (Å²) >= 11 is 0. The molecule has 3 saturated heterocycles. The zero-order chi connectivity index (χ0) is 30.2.